The van der Waals surface area contributed by atoms with Crippen LogP contribution in [0.25, 0.3) is 0 Å². The van der Waals surface area contributed by atoms with Crippen LogP contribution in [0.15, 0.2) is 36.4 Å². The monoisotopic (exact) mass is 290 g/mol. The Morgan fingerprint density at radius 3 is 2.45 bits per heavy atom. The van der Waals surface area contributed by atoms with Gasteiger partial charge in [0.1, 0.15) is 0 Å². The molecule has 1 saturated carbocycles. The molecule has 1 N–H and O–H groups in total. The summed E-state index contributed by atoms with van der Waals surface area (Å²) in [4.78, 5) is 23.7. The Hall–Kier alpha value is -1.81. The van der Waals surface area contributed by atoms with Crippen molar-refractivity contribution in [1.29, 1.82) is 0 Å². The summed E-state index contributed by atoms with van der Waals surface area (Å²) in [5.74, 6) is -2.89. The van der Waals surface area contributed by atoms with Crippen LogP contribution in [0, 0.1) is 23.7 Å². The molecule has 5 heteroatoms. The summed E-state index contributed by atoms with van der Waals surface area (Å²) in [7, 11) is 0. The first-order valence-corrected chi connectivity index (χ1v) is 6.90. The maximum atomic E-state index is 12.4. The van der Waals surface area contributed by atoms with Gasteiger partial charge in [-0.05, 0) is 30.4 Å². The summed E-state index contributed by atoms with van der Waals surface area (Å²) in [6.45, 7) is 0. The Balaban J connectivity index is 1.82. The van der Waals surface area contributed by atoms with Crippen molar-refractivity contribution in [3.63, 3.8) is 0 Å². The molecular formula is C15H13ClNO3-. The highest BCUT2D eigenvalue weighted by Gasteiger charge is 2.48. The molecule has 1 aromatic carbocycles. The fourth-order valence-electron chi connectivity index (χ4n) is 3.28. The zero-order valence-corrected chi connectivity index (χ0v) is 11.3. The topological polar surface area (TPSA) is 69.2 Å². The van der Waals surface area contributed by atoms with Gasteiger partial charge in [-0.25, -0.2) is 0 Å². The lowest BCUT2D eigenvalue weighted by molar-refractivity contribution is -0.313. The number of nitrogens with one attached hydrogen (secondary N) is 1. The first-order chi connectivity index (χ1) is 9.58. The molecule has 2 aliphatic rings. The molecule has 1 aromatic rings. The van der Waals surface area contributed by atoms with Crippen molar-refractivity contribution in [3.05, 3.63) is 41.4 Å². The summed E-state index contributed by atoms with van der Waals surface area (Å²) in [5.41, 5.74) is 0.503. The second kappa shape index (κ2) is 4.94. The van der Waals surface area contributed by atoms with Crippen LogP contribution < -0.4 is 10.4 Å². The van der Waals surface area contributed by atoms with E-state index in [0.29, 0.717) is 17.1 Å². The Bertz CT molecular complexity index is 599. The van der Waals surface area contributed by atoms with Crippen molar-refractivity contribution in [2.75, 3.05) is 5.32 Å². The molecule has 2 aliphatic carbocycles. The highest BCUT2D eigenvalue weighted by Crippen LogP contribution is 2.48. The van der Waals surface area contributed by atoms with Crippen LogP contribution in [0.2, 0.25) is 5.02 Å². The van der Waals surface area contributed by atoms with Crippen LogP contribution >= 0.6 is 11.6 Å². The van der Waals surface area contributed by atoms with Crippen LogP contribution in [0.3, 0.4) is 0 Å². The molecule has 104 valence electrons. The van der Waals surface area contributed by atoms with E-state index < -0.39 is 17.8 Å². The molecule has 1 amide bonds. The Morgan fingerprint density at radius 1 is 1.15 bits per heavy atom. The number of anilines is 1. The molecule has 0 saturated heterocycles. The van der Waals surface area contributed by atoms with Gasteiger partial charge in [0.25, 0.3) is 0 Å². The summed E-state index contributed by atoms with van der Waals surface area (Å²) >= 11 is 6.00. The molecule has 20 heavy (non-hydrogen) atoms. The van der Waals surface area contributed by atoms with Gasteiger partial charge in [-0.3, -0.25) is 4.79 Å². The van der Waals surface area contributed by atoms with Gasteiger partial charge in [-0.1, -0.05) is 35.9 Å². The number of amides is 1. The molecular weight excluding hydrogens is 278 g/mol. The molecule has 4 nitrogen and oxygen atoms in total. The van der Waals surface area contributed by atoms with Crippen LogP contribution in [-0.2, 0) is 9.59 Å². The smallest absolute Gasteiger partial charge is 0.228 e. The van der Waals surface area contributed by atoms with Crippen molar-refractivity contribution < 1.29 is 14.7 Å². The van der Waals surface area contributed by atoms with Gasteiger partial charge >= 0.3 is 0 Å². The van der Waals surface area contributed by atoms with Crippen molar-refractivity contribution in [1.82, 2.24) is 0 Å². The number of hydrogen-bond donors (Lipinski definition) is 1. The van der Waals surface area contributed by atoms with Gasteiger partial charge in [0.2, 0.25) is 5.91 Å². The van der Waals surface area contributed by atoms with Gasteiger partial charge in [-0.2, -0.15) is 0 Å². The molecule has 2 bridgehead atoms. The van der Waals surface area contributed by atoms with E-state index in [1.807, 2.05) is 12.2 Å². The summed E-state index contributed by atoms with van der Waals surface area (Å²) in [6, 6.07) is 6.89. The number of carbonyl (C=O) groups is 2. The lowest BCUT2D eigenvalue weighted by atomic mass is 9.82. The standard InChI is InChI=1S/C15H14ClNO3/c16-10-3-1-2-4-11(10)17-14(18)12-8-5-6-9(7-8)13(12)15(19)20/h1-6,8-9,12-13H,7H2,(H,17,18)(H,19,20)/p-1/t8-,9+,12+,13+/m0/s1. The first kappa shape index (κ1) is 13.2. The number of rotatable bonds is 3. The van der Waals surface area contributed by atoms with Crippen LogP contribution in [0.1, 0.15) is 6.42 Å². The lowest BCUT2D eigenvalue weighted by Gasteiger charge is -2.27. The normalized spacial score (nSPS) is 30.4. The quantitative estimate of drug-likeness (QED) is 0.857. The van der Waals surface area contributed by atoms with Gasteiger partial charge in [-0.15, -0.1) is 0 Å². The Labute approximate surface area is 121 Å². The highest BCUT2D eigenvalue weighted by molar-refractivity contribution is 6.33. The average Bonchev–Trinajstić information content (AvgIpc) is 3.01. The second-order valence-electron chi connectivity index (χ2n) is 5.29. The predicted octanol–water partition coefficient (Wildman–Crippen LogP) is 1.47. The Morgan fingerprint density at radius 2 is 1.80 bits per heavy atom. The number of para-hydroxylation sites is 1. The molecule has 0 heterocycles. The SMILES string of the molecule is O=C([O-])[C@H]1[C@H](C(=O)Nc2ccccc2Cl)[C@H]2C=C[C@@H]1C2. The van der Waals surface area contributed by atoms with E-state index in [1.54, 1.807) is 24.3 Å². The van der Waals surface area contributed by atoms with E-state index in [1.165, 1.54) is 0 Å². The number of carbonyl (C=O) groups excluding carboxylic acids is 2. The van der Waals surface area contributed by atoms with Gasteiger partial charge in [0.15, 0.2) is 0 Å². The van der Waals surface area contributed by atoms with E-state index in [0.717, 1.165) is 0 Å². The van der Waals surface area contributed by atoms with Crippen molar-refractivity contribution in [2.45, 2.75) is 6.42 Å². The van der Waals surface area contributed by atoms with E-state index in [4.69, 9.17) is 11.6 Å². The van der Waals surface area contributed by atoms with E-state index in [9.17, 15) is 14.7 Å². The number of carboxylic acid groups (broad SMARTS) is 1. The fourth-order valence-corrected chi connectivity index (χ4v) is 3.46. The Kier molecular flexibility index (Phi) is 3.26. The number of fused-ring (bicyclic) bond motifs is 2. The number of aliphatic carboxylic acids is 1. The minimum Gasteiger partial charge on any atom is -0.550 e. The van der Waals surface area contributed by atoms with Crippen molar-refractivity contribution >= 4 is 29.2 Å². The number of allylic oxidation sites excluding steroid dienone is 2. The summed E-state index contributed by atoms with van der Waals surface area (Å²) in [5, 5.41) is 14.4. The minimum atomic E-state index is -1.15. The van der Waals surface area contributed by atoms with Crippen LogP contribution in [0.5, 0.6) is 0 Å². The molecule has 0 aromatic heterocycles. The molecule has 0 spiro atoms. The second-order valence-corrected chi connectivity index (χ2v) is 5.70. The van der Waals surface area contributed by atoms with Gasteiger partial charge in [0.05, 0.1) is 16.6 Å². The maximum absolute atomic E-state index is 12.4. The largest absolute Gasteiger partial charge is 0.550 e. The third kappa shape index (κ3) is 2.10. The molecule has 4 atom stereocenters. The lowest BCUT2D eigenvalue weighted by Crippen LogP contribution is -2.42. The zero-order chi connectivity index (χ0) is 14.3. The average molecular weight is 291 g/mol. The summed E-state index contributed by atoms with van der Waals surface area (Å²) in [6.07, 6.45) is 4.52. The maximum Gasteiger partial charge on any atom is 0.228 e. The van der Waals surface area contributed by atoms with Gasteiger partial charge < -0.3 is 15.2 Å². The van der Waals surface area contributed by atoms with E-state index in [-0.39, 0.29) is 17.7 Å². The predicted molar refractivity (Wildman–Crippen MR) is 72.8 cm³/mol. The third-order valence-corrected chi connectivity index (χ3v) is 4.50. The molecule has 1 fully saturated rings. The number of halogens is 1. The highest BCUT2D eigenvalue weighted by atomic mass is 35.5. The number of benzene rings is 1. The number of hydrogen-bond acceptors (Lipinski definition) is 3. The third-order valence-electron chi connectivity index (χ3n) is 4.17. The molecule has 0 radical (unpaired) electrons. The van der Waals surface area contributed by atoms with E-state index in [2.05, 4.69) is 5.32 Å². The molecule has 0 unspecified atom stereocenters. The van der Waals surface area contributed by atoms with Gasteiger partial charge in [0, 0.05) is 11.9 Å². The van der Waals surface area contributed by atoms with Crippen LogP contribution in [-0.4, -0.2) is 11.9 Å². The minimum absolute atomic E-state index is 0.0228. The van der Waals surface area contributed by atoms with Crippen molar-refractivity contribution in [3.8, 4) is 0 Å². The molecule has 0 aliphatic heterocycles. The fraction of sp³-hybridized carbons (Fsp3) is 0.333. The number of carboxylic acids is 1. The van der Waals surface area contributed by atoms with E-state index >= 15 is 0 Å². The summed E-state index contributed by atoms with van der Waals surface area (Å²) < 4.78 is 0. The first-order valence-electron chi connectivity index (χ1n) is 6.52. The molecule has 3 rings (SSSR count). The van der Waals surface area contributed by atoms with Crippen molar-refractivity contribution in [2.24, 2.45) is 23.7 Å². The zero-order valence-electron chi connectivity index (χ0n) is 10.6. The van der Waals surface area contributed by atoms with Crippen LogP contribution in [0.4, 0.5) is 5.69 Å².